The van der Waals surface area contributed by atoms with Gasteiger partial charge in [0.1, 0.15) is 0 Å². The Morgan fingerprint density at radius 1 is 0.941 bits per heavy atom. The van der Waals surface area contributed by atoms with Crippen LogP contribution in [0.15, 0.2) is 42.7 Å². The highest BCUT2D eigenvalue weighted by Gasteiger charge is 1.96. The fraction of sp³-hybridized carbons (Fsp3) is 0.333. The molecule has 0 amide bonds. The Morgan fingerprint density at radius 2 is 1.59 bits per heavy atom. The lowest BCUT2D eigenvalue weighted by Gasteiger charge is -2.04. The average molecular weight is 228 g/mol. The van der Waals surface area contributed by atoms with E-state index in [1.807, 2.05) is 7.05 Å². The molecule has 0 atom stereocenters. The van der Waals surface area contributed by atoms with Crippen molar-refractivity contribution >= 4 is 0 Å². The number of rotatable bonds is 5. The van der Waals surface area contributed by atoms with Gasteiger partial charge in [-0.15, -0.1) is 0 Å². The Kier molecular flexibility index (Phi) is 3.99. The number of hydrogen-bond acceptors (Lipinski definition) is 1. The van der Waals surface area contributed by atoms with E-state index in [9.17, 15) is 0 Å². The Hall–Kier alpha value is -1.54. The third-order valence-electron chi connectivity index (χ3n) is 2.98. The summed E-state index contributed by atoms with van der Waals surface area (Å²) in [5.41, 5.74) is 4.08. The standard InChI is InChI=1S/C15H20N2/c1-3-13-4-6-14(7-5-13)10-16-11-15-8-9-17(2)12-15/h4-9,12,16H,3,10-11H2,1-2H3. The van der Waals surface area contributed by atoms with Crippen LogP contribution in [-0.4, -0.2) is 4.57 Å². The van der Waals surface area contributed by atoms with Gasteiger partial charge in [0.15, 0.2) is 0 Å². The number of aryl methyl sites for hydroxylation is 2. The molecule has 2 rings (SSSR count). The van der Waals surface area contributed by atoms with Gasteiger partial charge < -0.3 is 9.88 Å². The van der Waals surface area contributed by atoms with Gasteiger partial charge in [-0.1, -0.05) is 31.2 Å². The highest BCUT2D eigenvalue weighted by molar-refractivity contribution is 5.22. The van der Waals surface area contributed by atoms with Gasteiger partial charge in [-0.25, -0.2) is 0 Å². The van der Waals surface area contributed by atoms with Crippen molar-refractivity contribution < 1.29 is 0 Å². The Bertz CT molecular complexity index is 454. The lowest BCUT2D eigenvalue weighted by molar-refractivity contribution is 0.692. The Morgan fingerprint density at radius 3 is 2.18 bits per heavy atom. The summed E-state index contributed by atoms with van der Waals surface area (Å²) in [4.78, 5) is 0. The Labute approximate surface area is 103 Å². The topological polar surface area (TPSA) is 17.0 Å². The minimum atomic E-state index is 0.927. The van der Waals surface area contributed by atoms with Crippen LogP contribution in [0.2, 0.25) is 0 Å². The van der Waals surface area contributed by atoms with E-state index in [1.54, 1.807) is 0 Å². The Balaban J connectivity index is 1.81. The molecule has 0 saturated carbocycles. The minimum Gasteiger partial charge on any atom is -0.357 e. The predicted octanol–water partition coefficient (Wildman–Crippen LogP) is 2.88. The average Bonchev–Trinajstić information content (AvgIpc) is 2.76. The second-order valence-electron chi connectivity index (χ2n) is 4.46. The van der Waals surface area contributed by atoms with Gasteiger partial charge in [0, 0.05) is 32.5 Å². The molecule has 90 valence electrons. The van der Waals surface area contributed by atoms with E-state index in [-0.39, 0.29) is 0 Å². The van der Waals surface area contributed by atoms with Gasteiger partial charge in [0.25, 0.3) is 0 Å². The molecule has 2 aromatic rings. The van der Waals surface area contributed by atoms with Gasteiger partial charge in [-0.05, 0) is 29.2 Å². The van der Waals surface area contributed by atoms with Crippen molar-refractivity contribution in [3.05, 3.63) is 59.4 Å². The molecular formula is C15H20N2. The second-order valence-corrected chi connectivity index (χ2v) is 4.46. The third kappa shape index (κ3) is 3.46. The van der Waals surface area contributed by atoms with Gasteiger partial charge in [-0.2, -0.15) is 0 Å². The van der Waals surface area contributed by atoms with Crippen LogP contribution in [0.5, 0.6) is 0 Å². The minimum absolute atomic E-state index is 0.927. The lowest BCUT2D eigenvalue weighted by atomic mass is 10.1. The summed E-state index contributed by atoms with van der Waals surface area (Å²) in [6.45, 7) is 4.04. The maximum atomic E-state index is 3.46. The number of nitrogens with one attached hydrogen (secondary N) is 1. The van der Waals surface area contributed by atoms with E-state index in [1.165, 1.54) is 16.7 Å². The number of nitrogens with zero attached hydrogens (tertiary/aromatic N) is 1. The zero-order valence-corrected chi connectivity index (χ0v) is 10.6. The second kappa shape index (κ2) is 5.69. The van der Waals surface area contributed by atoms with E-state index in [4.69, 9.17) is 0 Å². The molecule has 0 fully saturated rings. The first-order valence-corrected chi connectivity index (χ1v) is 6.17. The molecule has 0 aliphatic rings. The number of aromatic nitrogens is 1. The molecule has 1 heterocycles. The summed E-state index contributed by atoms with van der Waals surface area (Å²) in [6.07, 6.45) is 5.33. The molecule has 0 radical (unpaired) electrons. The first-order valence-electron chi connectivity index (χ1n) is 6.17. The van der Waals surface area contributed by atoms with E-state index in [2.05, 4.69) is 59.5 Å². The highest BCUT2D eigenvalue weighted by atomic mass is 14.9. The largest absolute Gasteiger partial charge is 0.357 e. The van der Waals surface area contributed by atoms with E-state index in [0.29, 0.717) is 0 Å². The van der Waals surface area contributed by atoms with Crippen molar-refractivity contribution in [2.45, 2.75) is 26.4 Å². The van der Waals surface area contributed by atoms with E-state index < -0.39 is 0 Å². The van der Waals surface area contributed by atoms with Crippen LogP contribution in [0.4, 0.5) is 0 Å². The van der Waals surface area contributed by atoms with Crippen LogP contribution in [0.1, 0.15) is 23.6 Å². The fourth-order valence-corrected chi connectivity index (χ4v) is 1.91. The summed E-state index contributed by atoms with van der Waals surface area (Å²) >= 11 is 0. The molecule has 1 N–H and O–H groups in total. The molecule has 17 heavy (non-hydrogen) atoms. The van der Waals surface area contributed by atoms with Crippen LogP contribution in [-0.2, 0) is 26.6 Å². The normalized spacial score (nSPS) is 10.7. The zero-order valence-electron chi connectivity index (χ0n) is 10.6. The van der Waals surface area contributed by atoms with Crippen LogP contribution < -0.4 is 5.32 Å². The van der Waals surface area contributed by atoms with E-state index >= 15 is 0 Å². The summed E-state index contributed by atoms with van der Waals surface area (Å²) in [6, 6.07) is 11.0. The smallest absolute Gasteiger partial charge is 0.0223 e. The third-order valence-corrected chi connectivity index (χ3v) is 2.98. The van der Waals surface area contributed by atoms with Crippen molar-refractivity contribution in [1.82, 2.24) is 9.88 Å². The fourth-order valence-electron chi connectivity index (χ4n) is 1.91. The van der Waals surface area contributed by atoms with Crippen molar-refractivity contribution in [3.8, 4) is 0 Å². The summed E-state index contributed by atoms with van der Waals surface area (Å²) in [5.74, 6) is 0. The predicted molar refractivity (Wildman–Crippen MR) is 71.8 cm³/mol. The summed E-state index contributed by atoms with van der Waals surface area (Å²) < 4.78 is 2.08. The number of benzene rings is 1. The van der Waals surface area contributed by atoms with Gasteiger partial charge in [0.2, 0.25) is 0 Å². The van der Waals surface area contributed by atoms with Gasteiger partial charge in [0.05, 0.1) is 0 Å². The quantitative estimate of drug-likeness (QED) is 0.832. The molecular weight excluding hydrogens is 208 g/mol. The lowest BCUT2D eigenvalue weighted by Crippen LogP contribution is -2.12. The molecule has 0 spiro atoms. The van der Waals surface area contributed by atoms with Crippen LogP contribution >= 0.6 is 0 Å². The van der Waals surface area contributed by atoms with Crippen molar-refractivity contribution in [1.29, 1.82) is 0 Å². The molecule has 1 aromatic heterocycles. The number of hydrogen-bond donors (Lipinski definition) is 1. The zero-order chi connectivity index (χ0) is 12.1. The first kappa shape index (κ1) is 11.9. The van der Waals surface area contributed by atoms with Crippen molar-refractivity contribution in [2.75, 3.05) is 0 Å². The van der Waals surface area contributed by atoms with Crippen LogP contribution in [0, 0.1) is 0 Å². The summed E-state index contributed by atoms with van der Waals surface area (Å²) in [7, 11) is 2.05. The molecule has 0 bridgehead atoms. The van der Waals surface area contributed by atoms with Crippen molar-refractivity contribution in [3.63, 3.8) is 0 Å². The molecule has 1 aromatic carbocycles. The molecule has 0 saturated heterocycles. The molecule has 0 aliphatic heterocycles. The SMILES string of the molecule is CCc1ccc(CNCc2ccn(C)c2)cc1. The highest BCUT2D eigenvalue weighted by Crippen LogP contribution is 2.05. The molecule has 0 aliphatic carbocycles. The van der Waals surface area contributed by atoms with Gasteiger partial charge >= 0.3 is 0 Å². The van der Waals surface area contributed by atoms with E-state index in [0.717, 1.165) is 19.5 Å². The molecule has 2 nitrogen and oxygen atoms in total. The monoisotopic (exact) mass is 228 g/mol. The first-order chi connectivity index (χ1) is 8.28. The molecule has 2 heteroatoms. The van der Waals surface area contributed by atoms with Crippen molar-refractivity contribution in [2.24, 2.45) is 7.05 Å². The summed E-state index contributed by atoms with van der Waals surface area (Å²) in [5, 5.41) is 3.46. The van der Waals surface area contributed by atoms with Crippen LogP contribution in [0.3, 0.4) is 0 Å². The van der Waals surface area contributed by atoms with Gasteiger partial charge in [-0.3, -0.25) is 0 Å². The van der Waals surface area contributed by atoms with Crippen LogP contribution in [0.25, 0.3) is 0 Å². The maximum absolute atomic E-state index is 3.46. The maximum Gasteiger partial charge on any atom is 0.0223 e. The molecule has 0 unspecified atom stereocenters.